The molecular formula is C19H18Cl2N4O2. The normalized spacial score (nSPS) is 11.6. The molecule has 0 unspecified atom stereocenters. The van der Waals surface area contributed by atoms with Gasteiger partial charge in [0.2, 0.25) is 11.8 Å². The molecule has 0 aliphatic heterocycles. The van der Waals surface area contributed by atoms with Gasteiger partial charge in [-0.1, -0.05) is 35.3 Å². The first kappa shape index (κ1) is 20.7. The van der Waals surface area contributed by atoms with Crippen LogP contribution < -0.4 is 10.6 Å². The van der Waals surface area contributed by atoms with E-state index < -0.39 is 6.04 Å². The van der Waals surface area contributed by atoms with Gasteiger partial charge in [-0.2, -0.15) is 5.26 Å². The quantitative estimate of drug-likeness (QED) is 0.767. The van der Waals surface area contributed by atoms with Crippen molar-refractivity contribution in [1.82, 2.24) is 4.90 Å². The number of amides is 2. The molecule has 2 amide bonds. The van der Waals surface area contributed by atoms with Gasteiger partial charge in [0, 0.05) is 5.69 Å². The fourth-order valence-electron chi connectivity index (χ4n) is 2.26. The highest BCUT2D eigenvalue weighted by atomic mass is 35.5. The summed E-state index contributed by atoms with van der Waals surface area (Å²) in [5, 5.41) is 15.2. The number of nitriles is 1. The van der Waals surface area contributed by atoms with Crippen molar-refractivity contribution in [2.24, 2.45) is 0 Å². The predicted octanol–water partition coefficient (Wildman–Crippen LogP) is 3.76. The third-order valence-electron chi connectivity index (χ3n) is 3.94. The van der Waals surface area contributed by atoms with Gasteiger partial charge in [-0.15, -0.1) is 0 Å². The summed E-state index contributed by atoms with van der Waals surface area (Å²) < 4.78 is 0. The molecule has 2 aromatic carbocycles. The second kappa shape index (κ2) is 9.38. The van der Waals surface area contributed by atoms with E-state index in [0.29, 0.717) is 27.0 Å². The fourth-order valence-corrected chi connectivity index (χ4v) is 2.56. The second-order valence-corrected chi connectivity index (χ2v) is 6.73. The van der Waals surface area contributed by atoms with E-state index in [-0.39, 0.29) is 18.4 Å². The first-order valence-corrected chi connectivity index (χ1v) is 8.82. The molecule has 8 heteroatoms. The second-order valence-electron chi connectivity index (χ2n) is 5.91. The number of halogens is 2. The molecule has 6 nitrogen and oxygen atoms in total. The molecular weight excluding hydrogens is 387 g/mol. The van der Waals surface area contributed by atoms with Crippen LogP contribution in [0.25, 0.3) is 0 Å². The Bertz CT molecular complexity index is 896. The minimum absolute atomic E-state index is 0.00523. The topological polar surface area (TPSA) is 85.2 Å². The Morgan fingerprint density at radius 1 is 1.15 bits per heavy atom. The summed E-state index contributed by atoms with van der Waals surface area (Å²) in [6.07, 6.45) is 0. The van der Waals surface area contributed by atoms with E-state index in [2.05, 4.69) is 10.6 Å². The summed E-state index contributed by atoms with van der Waals surface area (Å²) in [5.41, 5.74) is 1.33. The van der Waals surface area contributed by atoms with Crippen molar-refractivity contribution in [3.63, 3.8) is 0 Å². The molecule has 0 aliphatic rings. The summed E-state index contributed by atoms with van der Waals surface area (Å²) in [6, 6.07) is 12.9. The van der Waals surface area contributed by atoms with Gasteiger partial charge < -0.3 is 10.6 Å². The molecule has 1 atom stereocenters. The number of hydrogen-bond donors (Lipinski definition) is 2. The molecule has 27 heavy (non-hydrogen) atoms. The third kappa shape index (κ3) is 5.69. The minimum Gasteiger partial charge on any atom is -0.325 e. The van der Waals surface area contributed by atoms with Crippen molar-refractivity contribution in [3.8, 4) is 6.07 Å². The maximum absolute atomic E-state index is 12.4. The van der Waals surface area contributed by atoms with E-state index in [9.17, 15) is 9.59 Å². The molecule has 2 rings (SSSR count). The molecule has 0 saturated heterocycles. The van der Waals surface area contributed by atoms with E-state index in [4.69, 9.17) is 28.5 Å². The zero-order valence-electron chi connectivity index (χ0n) is 14.8. The Hall–Kier alpha value is -2.59. The maximum atomic E-state index is 12.4. The van der Waals surface area contributed by atoms with Crippen LogP contribution in [0.15, 0.2) is 42.5 Å². The number of carbonyl (C=O) groups is 2. The standard InChI is InChI=1S/C19H18Cl2N4O2/c1-12(19(27)24-17-6-4-3-5-13(17)10-22)25(2)11-18(26)23-14-7-8-15(20)16(21)9-14/h3-9,12H,11H2,1-2H3,(H,23,26)(H,24,27)/t12-/m1/s1. The van der Waals surface area contributed by atoms with Crippen LogP contribution in [0.1, 0.15) is 12.5 Å². The number of benzene rings is 2. The molecule has 0 bridgehead atoms. The summed E-state index contributed by atoms with van der Waals surface area (Å²) in [6.45, 7) is 1.67. The third-order valence-corrected chi connectivity index (χ3v) is 4.68. The first-order chi connectivity index (χ1) is 12.8. The van der Waals surface area contributed by atoms with Gasteiger partial charge in [0.05, 0.1) is 33.9 Å². The number of nitrogens with zero attached hydrogens (tertiary/aromatic N) is 2. The Labute approximate surface area is 167 Å². The lowest BCUT2D eigenvalue weighted by molar-refractivity contribution is -0.122. The maximum Gasteiger partial charge on any atom is 0.241 e. The first-order valence-electron chi connectivity index (χ1n) is 8.07. The molecule has 0 fully saturated rings. The van der Waals surface area contributed by atoms with Crippen molar-refractivity contribution < 1.29 is 9.59 Å². The molecule has 0 aromatic heterocycles. The fraction of sp³-hybridized carbons (Fsp3) is 0.211. The monoisotopic (exact) mass is 404 g/mol. The van der Waals surface area contributed by atoms with Crippen molar-refractivity contribution in [2.45, 2.75) is 13.0 Å². The van der Waals surface area contributed by atoms with Crippen molar-refractivity contribution in [3.05, 3.63) is 58.1 Å². The minimum atomic E-state index is -0.587. The molecule has 140 valence electrons. The van der Waals surface area contributed by atoms with Crippen molar-refractivity contribution in [2.75, 3.05) is 24.2 Å². The number of nitrogens with one attached hydrogen (secondary N) is 2. The molecule has 0 heterocycles. The van der Waals surface area contributed by atoms with Crippen LogP contribution in [0.4, 0.5) is 11.4 Å². The van der Waals surface area contributed by atoms with Crippen molar-refractivity contribution in [1.29, 1.82) is 5.26 Å². The summed E-state index contributed by atoms with van der Waals surface area (Å²) >= 11 is 11.8. The lowest BCUT2D eigenvalue weighted by Crippen LogP contribution is -2.43. The zero-order chi connectivity index (χ0) is 20.0. The van der Waals surface area contributed by atoms with Crippen LogP contribution in [0, 0.1) is 11.3 Å². The highest BCUT2D eigenvalue weighted by molar-refractivity contribution is 6.42. The van der Waals surface area contributed by atoms with Gasteiger partial charge in [-0.3, -0.25) is 14.5 Å². The van der Waals surface area contributed by atoms with Crippen LogP contribution in [-0.2, 0) is 9.59 Å². The molecule has 0 spiro atoms. The Balaban J connectivity index is 1.94. The lowest BCUT2D eigenvalue weighted by atomic mass is 10.2. The number of anilines is 2. The summed E-state index contributed by atoms with van der Waals surface area (Å²) in [7, 11) is 1.66. The zero-order valence-corrected chi connectivity index (χ0v) is 16.3. The van der Waals surface area contributed by atoms with E-state index in [1.54, 1.807) is 61.3 Å². The van der Waals surface area contributed by atoms with Crippen LogP contribution in [0.3, 0.4) is 0 Å². The van der Waals surface area contributed by atoms with Gasteiger partial charge >= 0.3 is 0 Å². The van der Waals surface area contributed by atoms with Crippen LogP contribution in [-0.4, -0.2) is 36.3 Å². The average molecular weight is 405 g/mol. The van der Waals surface area contributed by atoms with Crippen LogP contribution in [0.5, 0.6) is 0 Å². The van der Waals surface area contributed by atoms with E-state index >= 15 is 0 Å². The highest BCUT2D eigenvalue weighted by Crippen LogP contribution is 2.25. The molecule has 0 radical (unpaired) electrons. The van der Waals surface area contributed by atoms with Crippen molar-refractivity contribution >= 4 is 46.4 Å². The SMILES string of the molecule is C[C@H](C(=O)Nc1ccccc1C#N)N(C)CC(=O)Nc1ccc(Cl)c(Cl)c1. The van der Waals surface area contributed by atoms with Crippen LogP contribution >= 0.6 is 23.2 Å². The number of hydrogen-bond acceptors (Lipinski definition) is 4. The van der Waals surface area contributed by atoms with E-state index in [0.717, 1.165) is 0 Å². The molecule has 2 N–H and O–H groups in total. The largest absolute Gasteiger partial charge is 0.325 e. The number of carbonyl (C=O) groups excluding carboxylic acids is 2. The van der Waals surface area contributed by atoms with Gasteiger partial charge in [0.25, 0.3) is 0 Å². The van der Waals surface area contributed by atoms with Gasteiger partial charge in [-0.05, 0) is 44.3 Å². The van der Waals surface area contributed by atoms with Crippen LogP contribution in [0.2, 0.25) is 10.0 Å². The number of rotatable bonds is 6. The van der Waals surface area contributed by atoms with E-state index in [1.165, 1.54) is 0 Å². The molecule has 0 saturated carbocycles. The number of para-hydroxylation sites is 1. The lowest BCUT2D eigenvalue weighted by Gasteiger charge is -2.23. The summed E-state index contributed by atoms with van der Waals surface area (Å²) in [5.74, 6) is -0.615. The molecule has 0 aliphatic carbocycles. The highest BCUT2D eigenvalue weighted by Gasteiger charge is 2.21. The number of likely N-dealkylation sites (N-methyl/N-ethyl adjacent to an activating group) is 1. The van der Waals surface area contributed by atoms with E-state index in [1.807, 2.05) is 6.07 Å². The Morgan fingerprint density at radius 3 is 2.52 bits per heavy atom. The Kier molecular flexibility index (Phi) is 7.19. The average Bonchev–Trinajstić information content (AvgIpc) is 2.64. The van der Waals surface area contributed by atoms with Gasteiger partial charge in [-0.25, -0.2) is 0 Å². The van der Waals surface area contributed by atoms with Gasteiger partial charge in [0.1, 0.15) is 6.07 Å². The summed E-state index contributed by atoms with van der Waals surface area (Å²) in [4.78, 5) is 26.2. The van der Waals surface area contributed by atoms with Gasteiger partial charge in [0.15, 0.2) is 0 Å². The Morgan fingerprint density at radius 2 is 1.85 bits per heavy atom. The molecule has 2 aromatic rings. The smallest absolute Gasteiger partial charge is 0.241 e. The predicted molar refractivity (Wildman–Crippen MR) is 107 cm³/mol.